The van der Waals surface area contributed by atoms with E-state index >= 15 is 4.39 Å². The molecule has 192 valence electrons. The van der Waals surface area contributed by atoms with Gasteiger partial charge in [-0.3, -0.25) is 9.78 Å². The number of aliphatic hydroxyl groups is 1. The number of aromatic nitrogens is 2. The predicted octanol–water partition coefficient (Wildman–Crippen LogP) is 4.40. The average Bonchev–Trinajstić information content (AvgIpc) is 3.29. The molecule has 2 aromatic heterocycles. The number of amides is 1. The normalized spacial score (nSPS) is 18.9. The molecule has 1 aliphatic rings. The topological polar surface area (TPSA) is 103 Å². The highest BCUT2D eigenvalue weighted by Crippen LogP contribution is 2.42. The number of pyridine rings is 1. The number of halogens is 3. The van der Waals surface area contributed by atoms with Gasteiger partial charge in [-0.15, -0.1) is 11.3 Å². The molecule has 1 fully saturated rings. The van der Waals surface area contributed by atoms with E-state index in [0.717, 1.165) is 10.4 Å². The lowest BCUT2D eigenvalue weighted by molar-refractivity contribution is -0.118. The van der Waals surface area contributed by atoms with Crippen molar-refractivity contribution in [2.75, 3.05) is 27.4 Å². The van der Waals surface area contributed by atoms with Crippen molar-refractivity contribution in [1.82, 2.24) is 15.3 Å². The van der Waals surface area contributed by atoms with E-state index in [1.54, 1.807) is 6.20 Å². The lowest BCUT2D eigenvalue weighted by Crippen LogP contribution is -2.45. The number of thiazole rings is 1. The van der Waals surface area contributed by atoms with Gasteiger partial charge in [-0.2, -0.15) is 0 Å². The number of benzene rings is 1. The molecule has 0 radical (unpaired) electrons. The number of nitrogens with one attached hydrogen (secondary N) is 1. The Balaban J connectivity index is 1.59. The number of carbonyl (C=O) groups is 1. The average molecular weight is 556 g/mol. The third-order valence-electron chi connectivity index (χ3n) is 5.95. The smallest absolute Gasteiger partial charge is 0.245 e. The van der Waals surface area contributed by atoms with Crippen molar-refractivity contribution >= 4 is 50.7 Å². The van der Waals surface area contributed by atoms with E-state index in [-0.39, 0.29) is 45.0 Å². The molecular formula is C24H24Cl2FN3O5S. The van der Waals surface area contributed by atoms with E-state index in [9.17, 15) is 9.90 Å². The highest BCUT2D eigenvalue weighted by Gasteiger charge is 2.29. The Morgan fingerprint density at radius 1 is 1.39 bits per heavy atom. The Morgan fingerprint density at radius 2 is 2.17 bits per heavy atom. The van der Waals surface area contributed by atoms with Crippen LogP contribution in [0.2, 0.25) is 5.02 Å². The maximum Gasteiger partial charge on any atom is 0.245 e. The molecule has 0 saturated carbocycles. The van der Waals surface area contributed by atoms with E-state index < -0.39 is 11.9 Å². The van der Waals surface area contributed by atoms with Gasteiger partial charge >= 0.3 is 0 Å². The largest absolute Gasteiger partial charge is 0.495 e. The Morgan fingerprint density at radius 3 is 2.89 bits per heavy atom. The lowest BCUT2D eigenvalue weighted by Gasteiger charge is -2.31. The van der Waals surface area contributed by atoms with Crippen molar-refractivity contribution in [3.05, 3.63) is 57.0 Å². The highest BCUT2D eigenvalue weighted by molar-refractivity contribution is 7.18. The summed E-state index contributed by atoms with van der Waals surface area (Å²) >= 11 is 13.0. The minimum atomic E-state index is -1.44. The predicted molar refractivity (Wildman–Crippen MR) is 136 cm³/mol. The van der Waals surface area contributed by atoms with Gasteiger partial charge in [0.15, 0.2) is 11.6 Å². The number of fused-ring (bicyclic) bond motifs is 1. The van der Waals surface area contributed by atoms with E-state index in [0.29, 0.717) is 31.6 Å². The monoisotopic (exact) mass is 555 g/mol. The molecule has 3 aromatic rings. The quantitative estimate of drug-likeness (QED) is 0.397. The Hall–Kier alpha value is -2.50. The summed E-state index contributed by atoms with van der Waals surface area (Å²) in [5.74, 6) is -0.968. The second-order valence-electron chi connectivity index (χ2n) is 8.16. The standard InChI is InChI=1S/C24H24Cl2FN3O5S/c1-33-16-9-17(34-2)22(27)20(21(16)26)23(32)24-30-15-8-13(28-10-18(15)36-24)7-12-11-35-6-4-14(12)29-19(31)3-5-25/h3,5,8-10,12,14,23,32H,4,6-7,11H2,1-2H3,(H,29,31). The Bertz CT molecular complexity index is 1260. The number of nitrogens with zero attached hydrogens (tertiary/aromatic N) is 2. The molecular weight excluding hydrogens is 532 g/mol. The molecule has 3 heterocycles. The number of rotatable bonds is 8. The molecule has 1 aliphatic heterocycles. The number of hydrogen-bond acceptors (Lipinski definition) is 8. The zero-order valence-electron chi connectivity index (χ0n) is 19.5. The minimum absolute atomic E-state index is 0.0113. The van der Waals surface area contributed by atoms with Crippen LogP contribution < -0.4 is 14.8 Å². The van der Waals surface area contributed by atoms with Gasteiger partial charge in [-0.25, -0.2) is 9.37 Å². The fourth-order valence-electron chi connectivity index (χ4n) is 4.14. The van der Waals surface area contributed by atoms with Gasteiger partial charge in [-0.1, -0.05) is 23.2 Å². The van der Waals surface area contributed by atoms with Crippen molar-refractivity contribution in [2.45, 2.75) is 25.0 Å². The number of ether oxygens (including phenoxy) is 3. The number of methoxy groups -OCH3 is 2. The fourth-order valence-corrected chi connectivity index (χ4v) is 5.48. The summed E-state index contributed by atoms with van der Waals surface area (Å²) in [5, 5.41) is 14.2. The van der Waals surface area contributed by atoms with Crippen LogP contribution in [0.25, 0.3) is 10.2 Å². The summed E-state index contributed by atoms with van der Waals surface area (Å²) in [5.41, 5.74) is 2.36. The first kappa shape index (κ1) is 26.6. The Kier molecular flexibility index (Phi) is 8.63. The van der Waals surface area contributed by atoms with Crippen LogP contribution >= 0.6 is 34.5 Å². The zero-order valence-corrected chi connectivity index (χ0v) is 21.8. The van der Waals surface area contributed by atoms with Gasteiger partial charge in [0.2, 0.25) is 5.91 Å². The van der Waals surface area contributed by atoms with Crippen LogP contribution in [0.1, 0.15) is 28.8 Å². The van der Waals surface area contributed by atoms with Crippen LogP contribution in [0.3, 0.4) is 0 Å². The number of carbonyl (C=O) groups excluding carboxylic acids is 1. The van der Waals surface area contributed by atoms with Gasteiger partial charge in [0.05, 0.1) is 36.1 Å². The summed E-state index contributed by atoms with van der Waals surface area (Å²) in [7, 11) is 2.70. The molecule has 0 aliphatic carbocycles. The summed E-state index contributed by atoms with van der Waals surface area (Å²) in [6, 6.07) is 3.05. The zero-order chi connectivity index (χ0) is 25.8. The van der Waals surface area contributed by atoms with Gasteiger partial charge in [0.25, 0.3) is 0 Å². The molecule has 0 spiro atoms. The lowest BCUT2D eigenvalue weighted by atomic mass is 9.91. The fraction of sp³-hybridized carbons (Fsp3) is 0.375. The van der Waals surface area contributed by atoms with Crippen LogP contribution in [0, 0.1) is 11.7 Å². The maximum absolute atomic E-state index is 15.0. The molecule has 1 saturated heterocycles. The summed E-state index contributed by atoms with van der Waals surface area (Å²) in [6.45, 7) is 1.03. The SMILES string of the molecule is COc1cc(OC)c(Cl)c(C(O)c2nc3cc(CC4COCCC4NC(=O)C=CCl)ncc3s2)c1F. The van der Waals surface area contributed by atoms with Crippen molar-refractivity contribution < 1.29 is 28.5 Å². The van der Waals surface area contributed by atoms with Crippen LogP contribution in [0.15, 0.2) is 29.9 Å². The van der Waals surface area contributed by atoms with E-state index in [4.69, 9.17) is 37.4 Å². The molecule has 36 heavy (non-hydrogen) atoms. The van der Waals surface area contributed by atoms with Crippen molar-refractivity contribution in [3.8, 4) is 11.5 Å². The second kappa shape index (κ2) is 11.7. The van der Waals surface area contributed by atoms with E-state index in [2.05, 4.69) is 15.3 Å². The van der Waals surface area contributed by atoms with Gasteiger partial charge in [-0.05, 0) is 18.9 Å². The van der Waals surface area contributed by atoms with Crippen LogP contribution in [0.5, 0.6) is 11.5 Å². The molecule has 0 bridgehead atoms. The Labute approximate surface area is 221 Å². The minimum Gasteiger partial charge on any atom is -0.495 e. The molecule has 8 nitrogen and oxygen atoms in total. The maximum atomic E-state index is 15.0. The van der Waals surface area contributed by atoms with Gasteiger partial charge in [0, 0.05) is 53.7 Å². The summed E-state index contributed by atoms with van der Waals surface area (Å²) in [4.78, 5) is 21.0. The van der Waals surface area contributed by atoms with E-state index in [1.807, 2.05) is 6.07 Å². The van der Waals surface area contributed by atoms with Crippen LogP contribution in [-0.4, -0.2) is 54.5 Å². The van der Waals surface area contributed by atoms with Crippen molar-refractivity contribution in [2.24, 2.45) is 5.92 Å². The number of aliphatic hydroxyl groups excluding tert-OH is 1. The van der Waals surface area contributed by atoms with Gasteiger partial charge < -0.3 is 24.6 Å². The molecule has 3 atom stereocenters. The third kappa shape index (κ3) is 5.57. The number of hydrogen-bond donors (Lipinski definition) is 2. The summed E-state index contributed by atoms with van der Waals surface area (Å²) < 4.78 is 31.6. The summed E-state index contributed by atoms with van der Waals surface area (Å²) in [6.07, 6.45) is 2.72. The molecule has 3 unspecified atom stereocenters. The second-order valence-corrected chi connectivity index (χ2v) is 9.85. The molecule has 2 N–H and O–H groups in total. The van der Waals surface area contributed by atoms with Crippen LogP contribution in [0.4, 0.5) is 4.39 Å². The van der Waals surface area contributed by atoms with E-state index in [1.165, 1.54) is 43.2 Å². The third-order valence-corrected chi connectivity index (χ3v) is 7.53. The van der Waals surface area contributed by atoms with Gasteiger partial charge in [0.1, 0.15) is 16.9 Å². The molecule has 1 aromatic carbocycles. The van der Waals surface area contributed by atoms with Crippen molar-refractivity contribution in [3.63, 3.8) is 0 Å². The molecule has 12 heteroatoms. The first-order valence-corrected chi connectivity index (χ1v) is 12.7. The first-order chi connectivity index (χ1) is 17.4. The molecule has 4 rings (SSSR count). The molecule has 1 amide bonds. The first-order valence-electron chi connectivity index (χ1n) is 11.0. The highest BCUT2D eigenvalue weighted by atomic mass is 35.5. The van der Waals surface area contributed by atoms with Crippen LogP contribution in [-0.2, 0) is 16.0 Å². The van der Waals surface area contributed by atoms with Crippen molar-refractivity contribution in [1.29, 1.82) is 0 Å².